The third-order valence-electron chi connectivity index (χ3n) is 3.72. The van der Waals surface area contributed by atoms with E-state index in [1.54, 1.807) is 6.07 Å². The molecule has 1 aliphatic rings. The van der Waals surface area contributed by atoms with E-state index in [4.69, 9.17) is 5.73 Å². The van der Waals surface area contributed by atoms with Gasteiger partial charge in [-0.1, -0.05) is 12.1 Å². The molecule has 106 valence electrons. The number of piperazine rings is 1. The fraction of sp³-hybridized carbons (Fsp3) is 0.429. The number of H-pyrrole nitrogens is 1. The van der Waals surface area contributed by atoms with Crippen molar-refractivity contribution in [3.8, 4) is 0 Å². The van der Waals surface area contributed by atoms with Gasteiger partial charge in [0, 0.05) is 39.3 Å². The van der Waals surface area contributed by atoms with Crippen LogP contribution >= 0.6 is 0 Å². The second kappa shape index (κ2) is 5.60. The van der Waals surface area contributed by atoms with Gasteiger partial charge in [0.05, 0.1) is 10.9 Å². The van der Waals surface area contributed by atoms with Crippen molar-refractivity contribution >= 4 is 16.9 Å². The van der Waals surface area contributed by atoms with Crippen molar-refractivity contribution in [1.29, 1.82) is 0 Å². The van der Waals surface area contributed by atoms with Crippen LogP contribution < -0.4 is 16.2 Å². The number of nitrogens with zero attached hydrogens (tertiary/aromatic N) is 3. The van der Waals surface area contributed by atoms with Crippen LogP contribution in [-0.4, -0.2) is 54.1 Å². The molecule has 3 N–H and O–H groups in total. The summed E-state index contributed by atoms with van der Waals surface area (Å²) < 4.78 is 0. The van der Waals surface area contributed by atoms with E-state index in [-0.39, 0.29) is 5.56 Å². The van der Waals surface area contributed by atoms with E-state index in [1.807, 2.05) is 18.2 Å². The summed E-state index contributed by atoms with van der Waals surface area (Å²) in [5.74, 6) is 0.668. The maximum absolute atomic E-state index is 12.1. The van der Waals surface area contributed by atoms with Crippen molar-refractivity contribution in [3.05, 3.63) is 34.6 Å². The largest absolute Gasteiger partial charge is 0.340 e. The number of aromatic amines is 1. The summed E-state index contributed by atoms with van der Waals surface area (Å²) in [5.41, 5.74) is 6.24. The van der Waals surface area contributed by atoms with E-state index in [9.17, 15) is 4.79 Å². The molecule has 3 rings (SSSR count). The Morgan fingerprint density at radius 3 is 2.70 bits per heavy atom. The van der Waals surface area contributed by atoms with Crippen molar-refractivity contribution in [1.82, 2.24) is 14.9 Å². The summed E-state index contributed by atoms with van der Waals surface area (Å²) in [6.45, 7) is 5.24. The smallest absolute Gasteiger partial charge is 0.260 e. The molecule has 20 heavy (non-hydrogen) atoms. The highest BCUT2D eigenvalue weighted by Gasteiger charge is 2.18. The fourth-order valence-corrected chi connectivity index (χ4v) is 2.59. The van der Waals surface area contributed by atoms with E-state index in [1.165, 1.54) is 0 Å². The predicted molar refractivity (Wildman–Crippen MR) is 80.1 cm³/mol. The lowest BCUT2D eigenvalue weighted by atomic mass is 10.2. The van der Waals surface area contributed by atoms with E-state index in [0.29, 0.717) is 17.9 Å². The van der Waals surface area contributed by atoms with Crippen LogP contribution in [0.5, 0.6) is 0 Å². The van der Waals surface area contributed by atoms with E-state index in [2.05, 4.69) is 19.8 Å². The Morgan fingerprint density at radius 1 is 1.20 bits per heavy atom. The minimum absolute atomic E-state index is 0.0741. The van der Waals surface area contributed by atoms with Gasteiger partial charge in [-0.2, -0.15) is 0 Å². The van der Waals surface area contributed by atoms with Crippen molar-refractivity contribution < 1.29 is 0 Å². The third-order valence-corrected chi connectivity index (χ3v) is 3.72. The minimum Gasteiger partial charge on any atom is -0.340 e. The van der Waals surface area contributed by atoms with Crippen LogP contribution in [0, 0.1) is 0 Å². The molecule has 0 atom stereocenters. The van der Waals surface area contributed by atoms with Gasteiger partial charge in [-0.05, 0) is 12.1 Å². The molecule has 0 bridgehead atoms. The number of para-hydroxylation sites is 1. The van der Waals surface area contributed by atoms with E-state index >= 15 is 0 Å². The van der Waals surface area contributed by atoms with Crippen LogP contribution in [0.4, 0.5) is 5.95 Å². The Bertz CT molecular complexity index is 645. The van der Waals surface area contributed by atoms with Gasteiger partial charge in [-0.25, -0.2) is 4.98 Å². The molecule has 0 spiro atoms. The number of aromatic nitrogens is 2. The van der Waals surface area contributed by atoms with Gasteiger partial charge in [-0.3, -0.25) is 14.7 Å². The molecule has 2 aromatic rings. The lowest BCUT2D eigenvalue weighted by Gasteiger charge is -2.34. The van der Waals surface area contributed by atoms with Gasteiger partial charge in [0.2, 0.25) is 5.95 Å². The highest BCUT2D eigenvalue weighted by molar-refractivity contribution is 5.78. The number of rotatable bonds is 3. The Labute approximate surface area is 117 Å². The second-order valence-corrected chi connectivity index (χ2v) is 5.02. The molecule has 1 aromatic heterocycles. The molecule has 1 fully saturated rings. The lowest BCUT2D eigenvalue weighted by molar-refractivity contribution is 0.263. The lowest BCUT2D eigenvalue weighted by Crippen LogP contribution is -2.48. The van der Waals surface area contributed by atoms with Crippen LogP contribution in [0.2, 0.25) is 0 Å². The molecule has 0 amide bonds. The minimum atomic E-state index is -0.0741. The molecular formula is C14H19N5O. The first-order valence-electron chi connectivity index (χ1n) is 6.94. The predicted octanol–water partition coefficient (Wildman–Crippen LogP) is 0.00380. The molecule has 0 aliphatic carbocycles. The van der Waals surface area contributed by atoms with Crippen LogP contribution in [0.15, 0.2) is 29.1 Å². The van der Waals surface area contributed by atoms with Crippen LogP contribution in [0.1, 0.15) is 0 Å². The Morgan fingerprint density at radius 2 is 1.95 bits per heavy atom. The van der Waals surface area contributed by atoms with Gasteiger partial charge in [0.25, 0.3) is 5.56 Å². The number of nitrogens with one attached hydrogen (secondary N) is 1. The summed E-state index contributed by atoms with van der Waals surface area (Å²) in [6.07, 6.45) is 0. The van der Waals surface area contributed by atoms with Crippen LogP contribution in [0.25, 0.3) is 10.9 Å². The quantitative estimate of drug-likeness (QED) is 0.823. The van der Waals surface area contributed by atoms with E-state index in [0.717, 1.165) is 38.2 Å². The van der Waals surface area contributed by atoms with Crippen molar-refractivity contribution in [2.24, 2.45) is 5.73 Å². The fourth-order valence-electron chi connectivity index (χ4n) is 2.59. The average molecular weight is 273 g/mol. The van der Waals surface area contributed by atoms with Crippen molar-refractivity contribution in [3.63, 3.8) is 0 Å². The highest BCUT2D eigenvalue weighted by atomic mass is 16.1. The zero-order valence-electron chi connectivity index (χ0n) is 11.4. The van der Waals surface area contributed by atoms with Crippen molar-refractivity contribution in [2.45, 2.75) is 0 Å². The maximum atomic E-state index is 12.1. The molecule has 1 aliphatic heterocycles. The second-order valence-electron chi connectivity index (χ2n) is 5.02. The summed E-state index contributed by atoms with van der Waals surface area (Å²) in [7, 11) is 0. The Balaban J connectivity index is 1.83. The van der Waals surface area contributed by atoms with Gasteiger partial charge in [0.1, 0.15) is 0 Å². The topological polar surface area (TPSA) is 78.2 Å². The number of nitrogens with two attached hydrogens (primary N) is 1. The molecule has 1 saturated heterocycles. The Kier molecular flexibility index (Phi) is 3.66. The number of fused-ring (bicyclic) bond motifs is 1. The van der Waals surface area contributed by atoms with Gasteiger partial charge in [-0.15, -0.1) is 0 Å². The van der Waals surface area contributed by atoms with Gasteiger partial charge < -0.3 is 10.6 Å². The summed E-state index contributed by atoms with van der Waals surface area (Å²) in [4.78, 5) is 24.0. The monoisotopic (exact) mass is 273 g/mol. The van der Waals surface area contributed by atoms with Gasteiger partial charge in [0.15, 0.2) is 0 Å². The number of benzene rings is 1. The molecule has 6 heteroatoms. The SMILES string of the molecule is NCCN1CCN(c2nc3ccccc3c(=O)[nH]2)CC1. The first-order chi connectivity index (χ1) is 9.78. The molecule has 2 heterocycles. The third kappa shape index (κ3) is 2.52. The number of anilines is 1. The molecule has 0 radical (unpaired) electrons. The van der Waals surface area contributed by atoms with Crippen LogP contribution in [0.3, 0.4) is 0 Å². The number of hydrogen-bond acceptors (Lipinski definition) is 5. The van der Waals surface area contributed by atoms with Gasteiger partial charge >= 0.3 is 0 Å². The number of hydrogen-bond donors (Lipinski definition) is 2. The van der Waals surface area contributed by atoms with E-state index < -0.39 is 0 Å². The van der Waals surface area contributed by atoms with Crippen molar-refractivity contribution in [2.75, 3.05) is 44.2 Å². The van der Waals surface area contributed by atoms with Crippen LogP contribution in [-0.2, 0) is 0 Å². The summed E-state index contributed by atoms with van der Waals surface area (Å²) in [5, 5.41) is 0.637. The molecule has 1 aromatic carbocycles. The average Bonchev–Trinajstić information content (AvgIpc) is 2.48. The Hall–Kier alpha value is -1.92. The summed E-state index contributed by atoms with van der Waals surface area (Å²) >= 11 is 0. The normalized spacial score (nSPS) is 16.8. The zero-order valence-corrected chi connectivity index (χ0v) is 11.4. The molecule has 0 saturated carbocycles. The zero-order chi connectivity index (χ0) is 13.9. The maximum Gasteiger partial charge on any atom is 0.260 e. The highest BCUT2D eigenvalue weighted by Crippen LogP contribution is 2.13. The summed E-state index contributed by atoms with van der Waals surface area (Å²) in [6, 6.07) is 7.42. The first-order valence-corrected chi connectivity index (χ1v) is 6.94. The first kappa shape index (κ1) is 13.1. The molecular weight excluding hydrogens is 254 g/mol. The molecule has 0 unspecified atom stereocenters. The standard InChI is InChI=1S/C14H19N5O/c15-5-6-18-7-9-19(10-8-18)14-16-12-4-2-1-3-11(12)13(20)17-14/h1-4H,5-10,15H2,(H,16,17,20). The molecule has 6 nitrogen and oxygen atoms in total.